The smallest absolute Gasteiger partial charge is 0.242 e. The van der Waals surface area contributed by atoms with Crippen molar-refractivity contribution in [2.75, 3.05) is 13.2 Å². The van der Waals surface area contributed by atoms with Crippen LogP contribution in [0.2, 0.25) is 0 Å². The highest BCUT2D eigenvalue weighted by molar-refractivity contribution is 5.87. The molecule has 0 saturated heterocycles. The van der Waals surface area contributed by atoms with Crippen molar-refractivity contribution in [1.29, 1.82) is 0 Å². The van der Waals surface area contributed by atoms with Crippen LogP contribution in [-0.2, 0) is 16.1 Å². The topological polar surface area (TPSA) is 58.6 Å². The van der Waals surface area contributed by atoms with Gasteiger partial charge in [0.25, 0.3) is 0 Å². The number of benzene rings is 2. The molecule has 0 unspecified atom stereocenters. The van der Waals surface area contributed by atoms with E-state index < -0.39 is 6.04 Å². The Hall–Kier alpha value is -2.82. The molecular weight excluding hydrogens is 364 g/mol. The van der Waals surface area contributed by atoms with Gasteiger partial charge in [0.05, 0.1) is 6.61 Å². The van der Waals surface area contributed by atoms with Crippen molar-refractivity contribution in [2.24, 2.45) is 0 Å². The predicted octanol–water partition coefficient (Wildman–Crippen LogP) is 4.02. The van der Waals surface area contributed by atoms with Gasteiger partial charge in [-0.25, -0.2) is 0 Å². The van der Waals surface area contributed by atoms with Gasteiger partial charge in [-0.1, -0.05) is 42.0 Å². The van der Waals surface area contributed by atoms with Gasteiger partial charge in [0, 0.05) is 19.5 Å². The Kier molecular flexibility index (Phi) is 8.71. The minimum absolute atomic E-state index is 0.0421. The molecule has 0 aromatic heterocycles. The fraction of sp³-hybridized carbons (Fsp3) is 0.417. The van der Waals surface area contributed by atoms with E-state index in [0.717, 1.165) is 16.9 Å². The first-order valence-electron chi connectivity index (χ1n) is 10.2. The lowest BCUT2D eigenvalue weighted by Crippen LogP contribution is -2.47. The SMILES string of the molecule is CCNC(=O)[C@@H](C)N(Cc1ccccc1C)C(=O)CCCOc1ccc(C)cc1. The molecule has 0 radical (unpaired) electrons. The van der Waals surface area contributed by atoms with E-state index in [1.54, 1.807) is 11.8 Å². The molecule has 2 aromatic rings. The summed E-state index contributed by atoms with van der Waals surface area (Å²) in [5.41, 5.74) is 3.34. The summed E-state index contributed by atoms with van der Waals surface area (Å²) in [6.45, 7) is 9.13. The van der Waals surface area contributed by atoms with Gasteiger partial charge in [-0.15, -0.1) is 0 Å². The molecule has 0 heterocycles. The molecule has 1 N–H and O–H groups in total. The van der Waals surface area contributed by atoms with Crippen molar-refractivity contribution in [3.8, 4) is 5.75 Å². The van der Waals surface area contributed by atoms with E-state index in [1.807, 2.05) is 69.3 Å². The van der Waals surface area contributed by atoms with E-state index in [0.29, 0.717) is 32.5 Å². The van der Waals surface area contributed by atoms with Crippen LogP contribution >= 0.6 is 0 Å². The molecule has 5 heteroatoms. The van der Waals surface area contributed by atoms with Crippen molar-refractivity contribution < 1.29 is 14.3 Å². The summed E-state index contributed by atoms with van der Waals surface area (Å²) in [6, 6.07) is 15.3. The molecule has 0 saturated carbocycles. The number of hydrogen-bond acceptors (Lipinski definition) is 3. The Labute approximate surface area is 174 Å². The molecule has 0 aliphatic carbocycles. The van der Waals surface area contributed by atoms with Crippen LogP contribution < -0.4 is 10.1 Å². The summed E-state index contributed by atoms with van der Waals surface area (Å²) in [5, 5.41) is 2.82. The van der Waals surface area contributed by atoms with Crippen LogP contribution in [0.25, 0.3) is 0 Å². The van der Waals surface area contributed by atoms with E-state index in [2.05, 4.69) is 5.32 Å². The third kappa shape index (κ3) is 6.93. The molecule has 0 spiro atoms. The third-order valence-corrected chi connectivity index (χ3v) is 4.94. The van der Waals surface area contributed by atoms with E-state index in [4.69, 9.17) is 4.74 Å². The lowest BCUT2D eigenvalue weighted by molar-refractivity contribution is -0.140. The second-order valence-corrected chi connectivity index (χ2v) is 7.28. The first kappa shape index (κ1) is 22.5. The Morgan fingerprint density at radius 3 is 2.41 bits per heavy atom. The molecule has 0 bridgehead atoms. The minimum Gasteiger partial charge on any atom is -0.494 e. The van der Waals surface area contributed by atoms with Gasteiger partial charge >= 0.3 is 0 Å². The van der Waals surface area contributed by atoms with Crippen LogP contribution in [0, 0.1) is 13.8 Å². The Morgan fingerprint density at radius 2 is 1.76 bits per heavy atom. The largest absolute Gasteiger partial charge is 0.494 e. The van der Waals surface area contributed by atoms with Crippen LogP contribution in [0.1, 0.15) is 43.4 Å². The van der Waals surface area contributed by atoms with Crippen molar-refractivity contribution in [1.82, 2.24) is 10.2 Å². The summed E-state index contributed by atoms with van der Waals surface area (Å²) in [7, 11) is 0. The third-order valence-electron chi connectivity index (χ3n) is 4.94. The molecule has 2 amide bonds. The zero-order valence-electron chi connectivity index (χ0n) is 17.9. The minimum atomic E-state index is -0.528. The molecule has 2 aromatic carbocycles. The summed E-state index contributed by atoms with van der Waals surface area (Å²) in [6.07, 6.45) is 0.931. The number of nitrogens with one attached hydrogen (secondary N) is 1. The highest BCUT2D eigenvalue weighted by atomic mass is 16.5. The van der Waals surface area contributed by atoms with Gasteiger partial charge in [-0.3, -0.25) is 9.59 Å². The zero-order chi connectivity index (χ0) is 21.2. The fourth-order valence-electron chi connectivity index (χ4n) is 3.07. The molecule has 2 rings (SSSR count). The number of hydrogen-bond donors (Lipinski definition) is 1. The standard InChI is InChI=1S/C24H32N2O3/c1-5-25-24(28)20(4)26(17-21-10-7-6-9-19(21)3)23(27)11-8-16-29-22-14-12-18(2)13-15-22/h6-7,9-10,12-15,20H,5,8,11,16-17H2,1-4H3,(H,25,28)/t20-/m1/s1. The number of ether oxygens (including phenoxy) is 1. The molecule has 29 heavy (non-hydrogen) atoms. The summed E-state index contributed by atoms with van der Waals surface area (Å²) in [5.74, 6) is 0.625. The number of rotatable bonds is 10. The van der Waals surface area contributed by atoms with Gasteiger partial charge in [0.2, 0.25) is 11.8 Å². The maximum Gasteiger partial charge on any atom is 0.242 e. The van der Waals surface area contributed by atoms with Crippen LogP contribution in [0.5, 0.6) is 5.75 Å². The zero-order valence-corrected chi connectivity index (χ0v) is 17.9. The van der Waals surface area contributed by atoms with Gasteiger partial charge in [-0.05, 0) is 57.4 Å². The van der Waals surface area contributed by atoms with Gasteiger partial charge in [0.1, 0.15) is 11.8 Å². The molecule has 156 valence electrons. The molecule has 0 aliphatic heterocycles. The molecular formula is C24H32N2O3. The van der Waals surface area contributed by atoms with Crippen molar-refractivity contribution in [2.45, 2.75) is 53.1 Å². The van der Waals surface area contributed by atoms with Crippen LogP contribution in [-0.4, -0.2) is 35.9 Å². The molecule has 1 atom stereocenters. The average molecular weight is 397 g/mol. The highest BCUT2D eigenvalue weighted by Crippen LogP contribution is 2.16. The first-order valence-corrected chi connectivity index (χ1v) is 10.2. The number of nitrogens with zero attached hydrogens (tertiary/aromatic N) is 1. The lowest BCUT2D eigenvalue weighted by atomic mass is 10.1. The summed E-state index contributed by atoms with van der Waals surface area (Å²) < 4.78 is 5.73. The molecule has 0 fully saturated rings. The van der Waals surface area contributed by atoms with Gasteiger partial charge in [-0.2, -0.15) is 0 Å². The van der Waals surface area contributed by atoms with E-state index in [1.165, 1.54) is 5.56 Å². The number of amides is 2. The van der Waals surface area contributed by atoms with Crippen molar-refractivity contribution in [3.05, 3.63) is 65.2 Å². The van der Waals surface area contributed by atoms with E-state index >= 15 is 0 Å². The monoisotopic (exact) mass is 396 g/mol. The lowest BCUT2D eigenvalue weighted by Gasteiger charge is -2.29. The van der Waals surface area contributed by atoms with E-state index in [-0.39, 0.29) is 11.8 Å². The maximum atomic E-state index is 13.0. The van der Waals surface area contributed by atoms with Crippen LogP contribution in [0.15, 0.2) is 48.5 Å². The Balaban J connectivity index is 1.98. The Morgan fingerprint density at radius 1 is 1.07 bits per heavy atom. The number of carbonyl (C=O) groups excluding carboxylic acids is 2. The van der Waals surface area contributed by atoms with Gasteiger partial charge in [0.15, 0.2) is 0 Å². The molecule has 5 nitrogen and oxygen atoms in total. The highest BCUT2D eigenvalue weighted by Gasteiger charge is 2.25. The summed E-state index contributed by atoms with van der Waals surface area (Å²) in [4.78, 5) is 27.0. The van der Waals surface area contributed by atoms with Crippen molar-refractivity contribution >= 4 is 11.8 Å². The quantitative estimate of drug-likeness (QED) is 0.617. The van der Waals surface area contributed by atoms with Crippen LogP contribution in [0.3, 0.4) is 0 Å². The first-order chi connectivity index (χ1) is 13.9. The van der Waals surface area contributed by atoms with Crippen molar-refractivity contribution in [3.63, 3.8) is 0 Å². The van der Waals surface area contributed by atoms with Gasteiger partial charge < -0.3 is 15.0 Å². The number of aryl methyl sites for hydroxylation is 2. The fourth-order valence-corrected chi connectivity index (χ4v) is 3.07. The summed E-state index contributed by atoms with van der Waals surface area (Å²) >= 11 is 0. The second kappa shape index (κ2) is 11.2. The number of carbonyl (C=O) groups is 2. The van der Waals surface area contributed by atoms with Crippen LogP contribution in [0.4, 0.5) is 0 Å². The number of likely N-dealkylation sites (N-methyl/N-ethyl adjacent to an activating group) is 1. The Bertz CT molecular complexity index is 802. The van der Waals surface area contributed by atoms with E-state index in [9.17, 15) is 9.59 Å². The molecule has 0 aliphatic rings. The second-order valence-electron chi connectivity index (χ2n) is 7.28. The predicted molar refractivity (Wildman–Crippen MR) is 116 cm³/mol. The maximum absolute atomic E-state index is 13.0. The normalized spacial score (nSPS) is 11.6. The average Bonchev–Trinajstić information content (AvgIpc) is 2.71.